The monoisotopic (exact) mass is 255 g/mol. The van der Waals surface area contributed by atoms with Gasteiger partial charge in [0.25, 0.3) is 0 Å². The number of rotatable bonds is 8. The number of likely N-dealkylation sites (tertiary alicyclic amines) is 1. The lowest BCUT2D eigenvalue weighted by atomic mass is 10.0. The van der Waals surface area contributed by atoms with E-state index >= 15 is 0 Å². The SMILES string of the molecule is CCN(CC)CCCC(C)NC1CCCN(C)C1. The molecule has 3 heteroatoms. The molecule has 18 heavy (non-hydrogen) atoms. The van der Waals surface area contributed by atoms with Crippen molar-refractivity contribution in [1.29, 1.82) is 0 Å². The van der Waals surface area contributed by atoms with Crippen LogP contribution in [0.5, 0.6) is 0 Å². The quantitative estimate of drug-likeness (QED) is 0.717. The van der Waals surface area contributed by atoms with Gasteiger partial charge in [-0.3, -0.25) is 0 Å². The predicted molar refractivity (Wildman–Crippen MR) is 80.1 cm³/mol. The van der Waals surface area contributed by atoms with E-state index in [1.54, 1.807) is 0 Å². The Bertz CT molecular complexity index is 204. The molecule has 3 nitrogen and oxygen atoms in total. The molecule has 0 spiro atoms. The third kappa shape index (κ3) is 6.17. The summed E-state index contributed by atoms with van der Waals surface area (Å²) in [5.41, 5.74) is 0. The molecule has 2 unspecified atom stereocenters. The van der Waals surface area contributed by atoms with Gasteiger partial charge in [-0.05, 0) is 65.8 Å². The summed E-state index contributed by atoms with van der Waals surface area (Å²) in [5, 5.41) is 3.80. The van der Waals surface area contributed by atoms with Crippen LogP contribution in [0.4, 0.5) is 0 Å². The van der Waals surface area contributed by atoms with Gasteiger partial charge in [-0.15, -0.1) is 0 Å². The van der Waals surface area contributed by atoms with E-state index < -0.39 is 0 Å². The molecular weight excluding hydrogens is 222 g/mol. The maximum Gasteiger partial charge on any atom is 0.0197 e. The van der Waals surface area contributed by atoms with Crippen LogP contribution < -0.4 is 5.32 Å². The molecule has 0 bridgehead atoms. The zero-order chi connectivity index (χ0) is 13.4. The molecule has 108 valence electrons. The number of hydrogen-bond donors (Lipinski definition) is 1. The lowest BCUT2D eigenvalue weighted by Crippen LogP contribution is -2.47. The fraction of sp³-hybridized carbons (Fsp3) is 1.00. The molecule has 1 aliphatic heterocycles. The Morgan fingerprint density at radius 2 is 2.06 bits per heavy atom. The first kappa shape index (κ1) is 15.9. The van der Waals surface area contributed by atoms with Gasteiger partial charge in [0.05, 0.1) is 0 Å². The number of nitrogens with one attached hydrogen (secondary N) is 1. The molecule has 0 saturated carbocycles. The minimum absolute atomic E-state index is 0.664. The van der Waals surface area contributed by atoms with Gasteiger partial charge >= 0.3 is 0 Å². The lowest BCUT2D eigenvalue weighted by Gasteiger charge is -2.32. The molecule has 1 heterocycles. The zero-order valence-corrected chi connectivity index (χ0v) is 12.9. The molecular formula is C15H33N3. The van der Waals surface area contributed by atoms with Crippen molar-refractivity contribution in [1.82, 2.24) is 15.1 Å². The van der Waals surface area contributed by atoms with Gasteiger partial charge in [0.1, 0.15) is 0 Å². The van der Waals surface area contributed by atoms with Crippen LogP contribution in [-0.2, 0) is 0 Å². The van der Waals surface area contributed by atoms with Crippen LogP contribution in [0.3, 0.4) is 0 Å². The van der Waals surface area contributed by atoms with Gasteiger partial charge in [-0.1, -0.05) is 13.8 Å². The van der Waals surface area contributed by atoms with Gasteiger partial charge in [0.15, 0.2) is 0 Å². The lowest BCUT2D eigenvalue weighted by molar-refractivity contribution is 0.213. The summed E-state index contributed by atoms with van der Waals surface area (Å²) in [6.45, 7) is 13.0. The average Bonchev–Trinajstić information content (AvgIpc) is 2.34. The second-order valence-electron chi connectivity index (χ2n) is 5.84. The minimum Gasteiger partial charge on any atom is -0.310 e. The number of piperidine rings is 1. The molecule has 2 atom stereocenters. The minimum atomic E-state index is 0.664. The highest BCUT2D eigenvalue weighted by atomic mass is 15.1. The molecule has 1 fully saturated rings. The second-order valence-corrected chi connectivity index (χ2v) is 5.84. The third-order valence-electron chi connectivity index (χ3n) is 4.15. The summed E-state index contributed by atoms with van der Waals surface area (Å²) in [7, 11) is 2.24. The number of hydrogen-bond acceptors (Lipinski definition) is 3. The van der Waals surface area contributed by atoms with E-state index in [-0.39, 0.29) is 0 Å². The Morgan fingerprint density at radius 3 is 2.67 bits per heavy atom. The first-order valence-electron chi connectivity index (χ1n) is 7.82. The molecule has 0 aliphatic carbocycles. The maximum atomic E-state index is 3.80. The molecule has 0 aromatic heterocycles. The Morgan fingerprint density at radius 1 is 1.33 bits per heavy atom. The average molecular weight is 255 g/mol. The van der Waals surface area contributed by atoms with Gasteiger partial charge in [0, 0.05) is 18.6 Å². The molecule has 1 aliphatic rings. The van der Waals surface area contributed by atoms with Gasteiger partial charge < -0.3 is 15.1 Å². The van der Waals surface area contributed by atoms with Crippen LogP contribution in [0.1, 0.15) is 46.5 Å². The van der Waals surface area contributed by atoms with Crippen molar-refractivity contribution in [3.8, 4) is 0 Å². The van der Waals surface area contributed by atoms with Crippen molar-refractivity contribution in [2.45, 2.75) is 58.5 Å². The molecule has 0 amide bonds. The third-order valence-corrected chi connectivity index (χ3v) is 4.15. The van der Waals surface area contributed by atoms with E-state index in [9.17, 15) is 0 Å². The van der Waals surface area contributed by atoms with E-state index in [4.69, 9.17) is 0 Å². The number of likely N-dealkylation sites (N-methyl/N-ethyl adjacent to an activating group) is 1. The van der Waals surface area contributed by atoms with E-state index in [1.807, 2.05) is 0 Å². The van der Waals surface area contributed by atoms with E-state index in [2.05, 4.69) is 42.9 Å². The molecule has 0 radical (unpaired) electrons. The van der Waals surface area contributed by atoms with Crippen LogP contribution in [0.2, 0.25) is 0 Å². The Labute approximate surface area is 114 Å². The van der Waals surface area contributed by atoms with Crippen LogP contribution in [0.15, 0.2) is 0 Å². The summed E-state index contributed by atoms with van der Waals surface area (Å²) >= 11 is 0. The summed E-state index contributed by atoms with van der Waals surface area (Å²) in [6.07, 6.45) is 5.32. The van der Waals surface area contributed by atoms with Crippen LogP contribution in [-0.4, -0.2) is 61.7 Å². The predicted octanol–water partition coefficient (Wildman–Crippen LogP) is 2.18. The van der Waals surface area contributed by atoms with Crippen molar-refractivity contribution in [2.75, 3.05) is 39.8 Å². The smallest absolute Gasteiger partial charge is 0.0197 e. The van der Waals surface area contributed by atoms with E-state index in [1.165, 1.54) is 58.4 Å². The summed E-state index contributed by atoms with van der Waals surface area (Å²) in [5.74, 6) is 0. The van der Waals surface area contributed by atoms with Crippen LogP contribution in [0, 0.1) is 0 Å². The van der Waals surface area contributed by atoms with Gasteiger partial charge in [0.2, 0.25) is 0 Å². The standard InChI is InChI=1S/C15H33N3/c1-5-18(6-2)12-7-9-14(3)16-15-10-8-11-17(4)13-15/h14-16H,5-13H2,1-4H3. The fourth-order valence-electron chi connectivity index (χ4n) is 2.95. The first-order valence-corrected chi connectivity index (χ1v) is 7.82. The van der Waals surface area contributed by atoms with Crippen molar-refractivity contribution in [3.63, 3.8) is 0 Å². The zero-order valence-electron chi connectivity index (χ0n) is 12.9. The highest BCUT2D eigenvalue weighted by molar-refractivity contribution is 4.78. The normalized spacial score (nSPS) is 23.5. The van der Waals surface area contributed by atoms with Crippen LogP contribution in [0.25, 0.3) is 0 Å². The van der Waals surface area contributed by atoms with Crippen LogP contribution >= 0.6 is 0 Å². The summed E-state index contributed by atoms with van der Waals surface area (Å²) < 4.78 is 0. The second kappa shape index (κ2) is 8.89. The fourth-order valence-corrected chi connectivity index (χ4v) is 2.95. The van der Waals surface area contributed by atoms with E-state index in [0.29, 0.717) is 12.1 Å². The summed E-state index contributed by atoms with van der Waals surface area (Å²) in [4.78, 5) is 4.96. The van der Waals surface area contributed by atoms with Gasteiger partial charge in [-0.2, -0.15) is 0 Å². The first-order chi connectivity index (χ1) is 8.65. The summed E-state index contributed by atoms with van der Waals surface area (Å²) in [6, 6.07) is 1.38. The molecule has 1 saturated heterocycles. The molecule has 1 N–H and O–H groups in total. The topological polar surface area (TPSA) is 18.5 Å². The van der Waals surface area contributed by atoms with Crippen molar-refractivity contribution in [2.24, 2.45) is 0 Å². The van der Waals surface area contributed by atoms with Gasteiger partial charge in [-0.25, -0.2) is 0 Å². The Hall–Kier alpha value is -0.120. The van der Waals surface area contributed by atoms with Crippen molar-refractivity contribution >= 4 is 0 Å². The van der Waals surface area contributed by atoms with Crippen molar-refractivity contribution in [3.05, 3.63) is 0 Å². The number of nitrogens with zero attached hydrogens (tertiary/aromatic N) is 2. The Kier molecular flexibility index (Phi) is 7.87. The largest absolute Gasteiger partial charge is 0.310 e. The van der Waals surface area contributed by atoms with E-state index in [0.717, 1.165) is 0 Å². The molecule has 0 aromatic carbocycles. The molecule has 0 aromatic rings. The van der Waals surface area contributed by atoms with Crippen molar-refractivity contribution < 1.29 is 0 Å². The Balaban J connectivity index is 2.11. The molecule has 1 rings (SSSR count). The highest BCUT2D eigenvalue weighted by Gasteiger charge is 2.18. The highest BCUT2D eigenvalue weighted by Crippen LogP contribution is 2.10. The maximum absolute atomic E-state index is 3.80.